The molecule has 180 valence electrons. The Kier molecular flexibility index (Phi) is 5.45. The van der Waals surface area contributed by atoms with Crippen LogP contribution >= 0.6 is 0 Å². The van der Waals surface area contributed by atoms with Crippen molar-refractivity contribution in [2.45, 2.75) is 31.1 Å². The number of phenols is 1. The van der Waals surface area contributed by atoms with Gasteiger partial charge in [0.05, 0.1) is 23.4 Å². The number of likely N-dealkylation sites (N-methyl/N-ethyl adjacent to an activating group) is 1. The summed E-state index contributed by atoms with van der Waals surface area (Å²) in [6, 6.07) is 2.96. The highest BCUT2D eigenvalue weighted by molar-refractivity contribution is 6.32. The van der Waals surface area contributed by atoms with Gasteiger partial charge in [-0.1, -0.05) is 12.1 Å². The number of amides is 1. The third kappa shape index (κ3) is 3.03. The number of phenolic OH excluding ortho intramolecular Hbond substituents is 1. The molecule has 0 aromatic heterocycles. The van der Waals surface area contributed by atoms with E-state index in [-0.39, 0.29) is 17.7 Å². The summed E-state index contributed by atoms with van der Waals surface area (Å²) in [7, 11) is 2.88. The van der Waals surface area contributed by atoms with Gasteiger partial charge in [-0.15, -0.1) is 0 Å². The van der Waals surface area contributed by atoms with Crippen molar-refractivity contribution in [2.24, 2.45) is 29.4 Å². The summed E-state index contributed by atoms with van der Waals surface area (Å²) >= 11 is 0. The number of primary amides is 1. The molecule has 2 unspecified atom stereocenters. The molecule has 1 aromatic rings. The van der Waals surface area contributed by atoms with E-state index in [4.69, 9.17) is 10.5 Å². The molecule has 3 aliphatic carbocycles. The highest BCUT2D eigenvalue weighted by Gasteiger charge is 2.73. The molecular formula is C23H24N2O9. The van der Waals surface area contributed by atoms with Gasteiger partial charge in [0, 0.05) is 12.8 Å². The van der Waals surface area contributed by atoms with Crippen LogP contribution in [0.2, 0.25) is 0 Å². The van der Waals surface area contributed by atoms with Crippen molar-refractivity contribution in [3.05, 3.63) is 29.3 Å². The first-order valence-corrected chi connectivity index (χ1v) is 10.7. The average Bonchev–Trinajstić information content (AvgIpc) is 2.72. The molecule has 0 saturated heterocycles. The Bertz CT molecular complexity index is 1160. The van der Waals surface area contributed by atoms with E-state index in [1.54, 1.807) is 6.07 Å². The number of carbonyl (C=O) groups is 6. The zero-order valence-corrected chi connectivity index (χ0v) is 18.7. The largest absolute Gasteiger partial charge is 0.507 e. The first-order valence-electron chi connectivity index (χ1n) is 10.7. The predicted octanol–water partition coefficient (Wildman–Crippen LogP) is -1.59. The van der Waals surface area contributed by atoms with Gasteiger partial charge in [-0.3, -0.25) is 33.7 Å². The van der Waals surface area contributed by atoms with E-state index in [1.165, 1.54) is 31.1 Å². The van der Waals surface area contributed by atoms with E-state index < -0.39 is 76.4 Å². The fourth-order valence-corrected chi connectivity index (χ4v) is 5.88. The molecule has 3 aliphatic rings. The first kappa shape index (κ1) is 23.7. The first-order chi connectivity index (χ1) is 15.8. The number of benzene rings is 1. The molecule has 34 heavy (non-hydrogen) atoms. The van der Waals surface area contributed by atoms with Crippen LogP contribution < -0.4 is 5.73 Å². The number of esters is 1. The highest BCUT2D eigenvalue weighted by atomic mass is 16.5. The van der Waals surface area contributed by atoms with Gasteiger partial charge in [-0.05, 0) is 32.1 Å². The normalized spacial score (nSPS) is 34.9. The zero-order chi connectivity index (χ0) is 25.3. The second kappa shape index (κ2) is 7.81. The van der Waals surface area contributed by atoms with Gasteiger partial charge in [-0.2, -0.15) is 0 Å². The lowest BCUT2D eigenvalue weighted by atomic mass is 9.51. The van der Waals surface area contributed by atoms with E-state index in [0.717, 1.165) is 6.92 Å². The van der Waals surface area contributed by atoms with Crippen LogP contribution in [0.5, 0.6) is 5.75 Å². The minimum absolute atomic E-state index is 0.00180. The number of carbonyl (C=O) groups excluding carboxylic acids is 6. The molecule has 0 bridgehead atoms. The average molecular weight is 472 g/mol. The summed E-state index contributed by atoms with van der Waals surface area (Å²) in [6.07, 6.45) is -1.41. The second-order valence-corrected chi connectivity index (χ2v) is 9.26. The number of aromatic hydroxyl groups is 1. The van der Waals surface area contributed by atoms with Crippen LogP contribution in [0.25, 0.3) is 0 Å². The number of rotatable bonds is 3. The number of hydrogen-bond donors (Lipinski definition) is 3. The van der Waals surface area contributed by atoms with E-state index in [9.17, 15) is 39.0 Å². The third-order valence-electron chi connectivity index (χ3n) is 7.15. The van der Waals surface area contributed by atoms with Crippen LogP contribution in [0.4, 0.5) is 0 Å². The van der Waals surface area contributed by atoms with Gasteiger partial charge < -0.3 is 20.7 Å². The van der Waals surface area contributed by atoms with Gasteiger partial charge in [0.25, 0.3) is 0 Å². The second-order valence-electron chi connectivity index (χ2n) is 9.26. The number of Topliss-reactive ketones (excluding diaryl/α,β-unsaturated/α-hetero) is 4. The number of fused-ring (bicyclic) bond motifs is 3. The molecule has 1 amide bonds. The minimum atomic E-state index is -3.00. The van der Waals surface area contributed by atoms with Crippen molar-refractivity contribution in [3.8, 4) is 5.75 Å². The van der Waals surface area contributed by atoms with Crippen LogP contribution in [0, 0.1) is 23.7 Å². The lowest BCUT2D eigenvalue weighted by Gasteiger charge is -2.55. The summed E-state index contributed by atoms with van der Waals surface area (Å²) in [5, 5.41) is 21.9. The maximum absolute atomic E-state index is 13.7. The Morgan fingerprint density at radius 1 is 1.15 bits per heavy atom. The fraction of sp³-hybridized carbons (Fsp3) is 0.478. The Morgan fingerprint density at radius 3 is 2.35 bits per heavy atom. The van der Waals surface area contributed by atoms with Gasteiger partial charge >= 0.3 is 5.97 Å². The number of nitrogens with two attached hydrogens (primary N) is 1. The molecule has 4 rings (SSSR count). The summed E-state index contributed by atoms with van der Waals surface area (Å²) in [5.74, 6) is -13.3. The Hall–Kier alpha value is -3.44. The Balaban J connectivity index is 1.99. The molecule has 11 nitrogen and oxygen atoms in total. The Morgan fingerprint density at radius 2 is 1.79 bits per heavy atom. The van der Waals surface area contributed by atoms with E-state index in [0.29, 0.717) is 5.56 Å². The lowest BCUT2D eigenvalue weighted by molar-refractivity contribution is -0.203. The molecule has 0 radical (unpaired) electrons. The molecule has 1 aromatic carbocycles. The predicted molar refractivity (Wildman–Crippen MR) is 112 cm³/mol. The molecule has 0 spiro atoms. The number of nitrogens with zero attached hydrogens (tertiary/aromatic N) is 1. The van der Waals surface area contributed by atoms with E-state index >= 15 is 0 Å². The van der Waals surface area contributed by atoms with Gasteiger partial charge in [0.1, 0.15) is 11.9 Å². The molecular weight excluding hydrogens is 448 g/mol. The highest BCUT2D eigenvalue weighted by Crippen LogP contribution is 2.51. The molecule has 2 saturated carbocycles. The maximum atomic E-state index is 13.7. The zero-order valence-electron chi connectivity index (χ0n) is 18.7. The molecule has 2 fully saturated rings. The van der Waals surface area contributed by atoms with Crippen LogP contribution in [-0.4, -0.2) is 82.0 Å². The summed E-state index contributed by atoms with van der Waals surface area (Å²) in [5.41, 5.74) is 2.55. The van der Waals surface area contributed by atoms with Crippen LogP contribution in [0.3, 0.4) is 0 Å². The third-order valence-corrected chi connectivity index (χ3v) is 7.15. The monoisotopic (exact) mass is 472 g/mol. The summed E-state index contributed by atoms with van der Waals surface area (Å²) < 4.78 is 5.50. The van der Waals surface area contributed by atoms with Gasteiger partial charge in [0.2, 0.25) is 5.91 Å². The smallest absolute Gasteiger partial charge is 0.302 e. The van der Waals surface area contributed by atoms with Crippen molar-refractivity contribution < 1.29 is 43.7 Å². The van der Waals surface area contributed by atoms with Crippen molar-refractivity contribution in [2.75, 3.05) is 14.1 Å². The maximum Gasteiger partial charge on any atom is 0.302 e. The number of ketones is 4. The van der Waals surface area contributed by atoms with Crippen LogP contribution in [0.1, 0.15) is 22.8 Å². The standard InChI is InChI=1S/C23H24N2O9/c1-8(26)34-19-10-7-9-5-4-6-11(27)12(9)17(28)13(10)20(30)23(33)15(19)16(25(2)3)18(29)14(21(23)31)22(24)32/h4-6,10,13-16,19,27,33H,7H2,1-3H3,(H2,24,32)/t10-,13?,14?,15-,16+,19+,23+/m1/s1. The SMILES string of the molecule is CC(=O)O[C@@H]1[C@H]2[C@H](N(C)C)C(=O)C(C(N)=O)C(=O)[C@@]2(O)C(=O)C2C(=O)c3c(O)cccc3C[C@H]21. The summed E-state index contributed by atoms with van der Waals surface area (Å²) in [4.78, 5) is 79.1. The van der Waals surface area contributed by atoms with Crippen molar-refractivity contribution in [3.63, 3.8) is 0 Å². The molecule has 4 N–H and O–H groups in total. The number of aliphatic hydroxyl groups is 1. The molecule has 0 heterocycles. The molecule has 7 atom stereocenters. The number of hydrogen-bond acceptors (Lipinski definition) is 10. The summed E-state index contributed by atoms with van der Waals surface area (Å²) in [6.45, 7) is 1.08. The lowest BCUT2D eigenvalue weighted by Crippen LogP contribution is -2.78. The van der Waals surface area contributed by atoms with Crippen molar-refractivity contribution in [1.82, 2.24) is 4.90 Å². The van der Waals surface area contributed by atoms with Crippen molar-refractivity contribution in [1.29, 1.82) is 0 Å². The minimum Gasteiger partial charge on any atom is -0.507 e. The quantitative estimate of drug-likeness (QED) is 0.343. The van der Waals surface area contributed by atoms with E-state index in [2.05, 4.69) is 0 Å². The van der Waals surface area contributed by atoms with Crippen LogP contribution in [0.15, 0.2) is 18.2 Å². The number of ether oxygens (including phenoxy) is 1. The molecule has 0 aliphatic heterocycles. The van der Waals surface area contributed by atoms with Crippen LogP contribution in [-0.2, 0) is 35.1 Å². The fourth-order valence-electron chi connectivity index (χ4n) is 5.88. The molecule has 11 heteroatoms. The van der Waals surface area contributed by atoms with Gasteiger partial charge in [-0.25, -0.2) is 0 Å². The van der Waals surface area contributed by atoms with E-state index in [1.807, 2.05) is 0 Å². The van der Waals surface area contributed by atoms with Gasteiger partial charge in [0.15, 0.2) is 34.7 Å². The topological polar surface area (TPSA) is 181 Å². The Labute approximate surface area is 193 Å². The van der Waals surface area contributed by atoms with Crippen molar-refractivity contribution >= 4 is 35.0 Å².